The van der Waals surface area contributed by atoms with Crippen LogP contribution in [0.2, 0.25) is 0 Å². The van der Waals surface area contributed by atoms with Crippen molar-refractivity contribution in [2.75, 3.05) is 14.1 Å². The molecule has 0 N–H and O–H groups in total. The van der Waals surface area contributed by atoms with E-state index < -0.39 is 0 Å². The van der Waals surface area contributed by atoms with Gasteiger partial charge in [0.05, 0.1) is 23.1 Å². The molecule has 1 aromatic carbocycles. The van der Waals surface area contributed by atoms with E-state index in [0.29, 0.717) is 5.52 Å². The fourth-order valence-electron chi connectivity index (χ4n) is 2.39. The van der Waals surface area contributed by atoms with E-state index in [-0.39, 0.29) is 18.4 Å². The topological polar surface area (TPSA) is 44.9 Å². The predicted octanol–water partition coefficient (Wildman–Crippen LogP) is 2.71. The Kier molecular flexibility index (Phi) is 3.82. The van der Waals surface area contributed by atoms with Crippen molar-refractivity contribution in [1.29, 1.82) is 5.26 Å². The molecule has 5 heteroatoms. The van der Waals surface area contributed by atoms with Gasteiger partial charge in [-0.1, -0.05) is 6.92 Å². The molecule has 1 heterocycles. The van der Waals surface area contributed by atoms with Gasteiger partial charge in [-0.15, -0.1) is 0 Å². The number of benzene rings is 1. The molecule has 1 aromatic heterocycles. The molecule has 0 spiro atoms. The molecule has 0 aliphatic rings. The first-order valence-corrected chi connectivity index (χ1v) is 6.27. The average Bonchev–Trinajstić information content (AvgIpc) is 2.68. The number of hydrogen-bond donors (Lipinski definition) is 0. The van der Waals surface area contributed by atoms with Crippen molar-refractivity contribution in [3.05, 3.63) is 29.8 Å². The molecule has 2 aromatic rings. The zero-order chi connectivity index (χ0) is 14.0. The molecular formula is C14H17FN4. The molecule has 2 rings (SSSR count). The highest BCUT2D eigenvalue weighted by Crippen LogP contribution is 2.26. The van der Waals surface area contributed by atoms with E-state index in [0.717, 1.165) is 17.8 Å². The molecule has 0 radical (unpaired) electrons. The van der Waals surface area contributed by atoms with E-state index in [1.54, 1.807) is 6.07 Å². The van der Waals surface area contributed by atoms with Crippen LogP contribution in [0.3, 0.4) is 0 Å². The van der Waals surface area contributed by atoms with Gasteiger partial charge in [0.2, 0.25) is 0 Å². The zero-order valence-corrected chi connectivity index (χ0v) is 11.4. The van der Waals surface area contributed by atoms with E-state index in [9.17, 15) is 4.39 Å². The summed E-state index contributed by atoms with van der Waals surface area (Å²) in [6.45, 7) is 2.29. The van der Waals surface area contributed by atoms with Crippen LogP contribution in [0.5, 0.6) is 0 Å². The molecule has 0 saturated carbocycles. The average molecular weight is 260 g/mol. The molecule has 4 nitrogen and oxygen atoms in total. The standard InChI is InChI=1S/C14H17FN4/c1-4-12(18(2)3)14-17-11-9-10(15)5-6-13(11)19(14)8-7-16/h5-6,9,12H,4,8H2,1-3H3. The fourth-order valence-corrected chi connectivity index (χ4v) is 2.39. The van der Waals surface area contributed by atoms with Crippen LogP contribution in [0.1, 0.15) is 25.2 Å². The van der Waals surface area contributed by atoms with Crippen molar-refractivity contribution in [2.24, 2.45) is 0 Å². The summed E-state index contributed by atoms with van der Waals surface area (Å²) in [5.41, 5.74) is 1.41. The number of rotatable bonds is 4. The predicted molar refractivity (Wildman–Crippen MR) is 72.0 cm³/mol. The third-order valence-electron chi connectivity index (χ3n) is 3.28. The molecule has 0 fully saturated rings. The van der Waals surface area contributed by atoms with Crippen LogP contribution in [0.25, 0.3) is 11.0 Å². The lowest BCUT2D eigenvalue weighted by atomic mass is 10.2. The number of hydrogen-bond acceptors (Lipinski definition) is 3. The zero-order valence-electron chi connectivity index (χ0n) is 11.4. The van der Waals surface area contributed by atoms with Crippen molar-refractivity contribution in [3.8, 4) is 6.07 Å². The van der Waals surface area contributed by atoms with Crippen molar-refractivity contribution >= 4 is 11.0 Å². The van der Waals surface area contributed by atoms with Gasteiger partial charge in [-0.2, -0.15) is 5.26 Å². The summed E-state index contributed by atoms with van der Waals surface area (Å²) < 4.78 is 15.1. The fraction of sp³-hybridized carbons (Fsp3) is 0.429. The number of nitrogens with zero attached hydrogens (tertiary/aromatic N) is 4. The van der Waals surface area contributed by atoms with Gasteiger partial charge in [0, 0.05) is 6.07 Å². The van der Waals surface area contributed by atoms with Gasteiger partial charge >= 0.3 is 0 Å². The Morgan fingerprint density at radius 3 is 2.79 bits per heavy atom. The Balaban J connectivity index is 2.65. The minimum absolute atomic E-state index is 0.115. The lowest BCUT2D eigenvalue weighted by Gasteiger charge is -2.22. The molecule has 0 amide bonds. The maximum absolute atomic E-state index is 13.3. The molecule has 0 aliphatic heterocycles. The Labute approximate surface area is 112 Å². The molecule has 1 atom stereocenters. The SMILES string of the molecule is CCC(c1nc2cc(F)ccc2n1CC#N)N(C)C. The van der Waals surface area contributed by atoms with Gasteiger partial charge in [0.15, 0.2) is 0 Å². The minimum Gasteiger partial charge on any atom is -0.313 e. The van der Waals surface area contributed by atoms with E-state index in [4.69, 9.17) is 5.26 Å². The molecule has 19 heavy (non-hydrogen) atoms. The Morgan fingerprint density at radius 1 is 1.47 bits per heavy atom. The molecule has 100 valence electrons. The van der Waals surface area contributed by atoms with Crippen molar-refractivity contribution < 1.29 is 4.39 Å². The Hall–Kier alpha value is -1.93. The smallest absolute Gasteiger partial charge is 0.128 e. The summed E-state index contributed by atoms with van der Waals surface area (Å²) in [5.74, 6) is 0.508. The van der Waals surface area contributed by atoms with E-state index in [1.807, 2.05) is 18.7 Å². The second-order valence-electron chi connectivity index (χ2n) is 4.73. The maximum atomic E-state index is 13.3. The maximum Gasteiger partial charge on any atom is 0.128 e. The van der Waals surface area contributed by atoms with Gasteiger partial charge in [-0.25, -0.2) is 9.37 Å². The monoisotopic (exact) mass is 260 g/mol. The summed E-state index contributed by atoms with van der Waals surface area (Å²) in [7, 11) is 3.95. The molecule has 1 unspecified atom stereocenters. The highest BCUT2D eigenvalue weighted by Gasteiger charge is 2.20. The van der Waals surface area contributed by atoms with Crippen LogP contribution >= 0.6 is 0 Å². The Bertz CT molecular complexity index is 624. The van der Waals surface area contributed by atoms with Crippen LogP contribution in [-0.2, 0) is 6.54 Å². The van der Waals surface area contributed by atoms with Gasteiger partial charge in [-0.05, 0) is 32.6 Å². The van der Waals surface area contributed by atoms with Crippen LogP contribution < -0.4 is 0 Å². The van der Waals surface area contributed by atoms with Crippen LogP contribution in [0, 0.1) is 17.1 Å². The number of aromatic nitrogens is 2. The van der Waals surface area contributed by atoms with Gasteiger partial charge in [0.25, 0.3) is 0 Å². The number of fused-ring (bicyclic) bond motifs is 1. The number of nitriles is 1. The van der Waals surface area contributed by atoms with Crippen molar-refractivity contribution in [2.45, 2.75) is 25.9 Å². The van der Waals surface area contributed by atoms with Gasteiger partial charge in [0.1, 0.15) is 18.2 Å². The minimum atomic E-state index is -0.307. The first-order chi connectivity index (χ1) is 9.08. The Morgan fingerprint density at radius 2 is 2.21 bits per heavy atom. The van der Waals surface area contributed by atoms with Crippen molar-refractivity contribution in [3.63, 3.8) is 0 Å². The number of halogens is 1. The molecule has 0 aliphatic carbocycles. The van der Waals surface area contributed by atoms with Crippen LogP contribution in [0.15, 0.2) is 18.2 Å². The van der Waals surface area contributed by atoms with Crippen LogP contribution in [-0.4, -0.2) is 28.5 Å². The molecular weight excluding hydrogens is 243 g/mol. The third kappa shape index (κ3) is 2.45. The molecule has 0 saturated heterocycles. The van der Waals surface area contributed by atoms with Crippen LogP contribution in [0.4, 0.5) is 4.39 Å². The summed E-state index contributed by atoms with van der Waals surface area (Å²) >= 11 is 0. The number of imidazole rings is 1. The third-order valence-corrected chi connectivity index (χ3v) is 3.28. The highest BCUT2D eigenvalue weighted by atomic mass is 19.1. The summed E-state index contributed by atoms with van der Waals surface area (Å²) in [6.07, 6.45) is 0.879. The second-order valence-corrected chi connectivity index (χ2v) is 4.73. The van der Waals surface area contributed by atoms with E-state index in [2.05, 4.69) is 22.9 Å². The lowest BCUT2D eigenvalue weighted by Crippen LogP contribution is -2.23. The largest absolute Gasteiger partial charge is 0.313 e. The first-order valence-electron chi connectivity index (χ1n) is 6.27. The summed E-state index contributed by atoms with van der Waals surface area (Å²) in [4.78, 5) is 6.58. The highest BCUT2D eigenvalue weighted by molar-refractivity contribution is 5.76. The lowest BCUT2D eigenvalue weighted by molar-refractivity contribution is 0.275. The summed E-state index contributed by atoms with van der Waals surface area (Å²) in [5, 5.41) is 8.98. The second kappa shape index (κ2) is 5.37. The van der Waals surface area contributed by atoms with E-state index in [1.165, 1.54) is 12.1 Å². The van der Waals surface area contributed by atoms with Crippen molar-refractivity contribution in [1.82, 2.24) is 14.5 Å². The van der Waals surface area contributed by atoms with E-state index >= 15 is 0 Å². The quantitative estimate of drug-likeness (QED) is 0.849. The normalized spacial score (nSPS) is 12.8. The first kappa shape index (κ1) is 13.5. The van der Waals surface area contributed by atoms with Gasteiger partial charge < -0.3 is 4.57 Å². The summed E-state index contributed by atoms with van der Waals surface area (Å²) in [6, 6.07) is 6.75. The molecule has 0 bridgehead atoms. The van der Waals surface area contributed by atoms with Gasteiger partial charge in [-0.3, -0.25) is 4.90 Å².